The van der Waals surface area contributed by atoms with Crippen molar-refractivity contribution < 1.29 is 4.74 Å². The van der Waals surface area contributed by atoms with E-state index in [2.05, 4.69) is 4.98 Å². The number of ether oxygens (including phenoxy) is 1. The molecule has 1 aromatic heterocycles. The fourth-order valence-electron chi connectivity index (χ4n) is 1.70. The summed E-state index contributed by atoms with van der Waals surface area (Å²) >= 11 is 11.9. The molecule has 0 spiro atoms. The van der Waals surface area contributed by atoms with Crippen molar-refractivity contribution >= 4 is 23.2 Å². The van der Waals surface area contributed by atoms with E-state index < -0.39 is 5.56 Å². The van der Waals surface area contributed by atoms with Crippen molar-refractivity contribution in [3.8, 4) is 17.6 Å². The average molecular weight is 309 g/mol. The Balaban J connectivity index is 2.50. The minimum atomic E-state index is -0.429. The van der Waals surface area contributed by atoms with Crippen LogP contribution in [-0.4, -0.2) is 4.98 Å². The molecule has 20 heavy (non-hydrogen) atoms. The van der Waals surface area contributed by atoms with Crippen LogP contribution in [0, 0.1) is 11.3 Å². The second-order valence-corrected chi connectivity index (χ2v) is 4.84. The molecule has 0 aliphatic carbocycles. The lowest BCUT2D eigenvalue weighted by Crippen LogP contribution is -2.09. The Morgan fingerprint density at radius 3 is 2.75 bits per heavy atom. The zero-order valence-electron chi connectivity index (χ0n) is 10.5. The van der Waals surface area contributed by atoms with Crippen molar-refractivity contribution in [3.63, 3.8) is 0 Å². The first-order chi connectivity index (χ1) is 9.55. The maximum atomic E-state index is 11.5. The second kappa shape index (κ2) is 6.00. The quantitative estimate of drug-likeness (QED) is 0.935. The number of nitrogens with one attached hydrogen (secondary N) is 1. The molecular weight excluding hydrogens is 299 g/mol. The summed E-state index contributed by atoms with van der Waals surface area (Å²) in [7, 11) is 0. The normalized spacial score (nSPS) is 10.1. The number of nitrogens with zero attached hydrogens (tertiary/aromatic N) is 1. The van der Waals surface area contributed by atoms with Crippen LogP contribution < -0.4 is 10.3 Å². The fraction of sp³-hybridized carbons (Fsp3) is 0.143. The van der Waals surface area contributed by atoms with Crippen molar-refractivity contribution in [2.24, 2.45) is 0 Å². The molecule has 0 amide bonds. The standard InChI is InChI=1S/C14H10Cl2N2O2/c1-2-9-7-18-14(19)12(16)13(9)20-11-4-8(6-17)3-10(15)5-11/h3-5,7H,2H2,1H3,(H,18,19). The van der Waals surface area contributed by atoms with Gasteiger partial charge in [-0.25, -0.2) is 0 Å². The van der Waals surface area contributed by atoms with Crippen LogP contribution in [0.2, 0.25) is 10.0 Å². The molecule has 0 saturated carbocycles. The van der Waals surface area contributed by atoms with Crippen LogP contribution in [0.3, 0.4) is 0 Å². The third-order valence-electron chi connectivity index (χ3n) is 2.67. The van der Waals surface area contributed by atoms with E-state index in [0.29, 0.717) is 22.8 Å². The Morgan fingerprint density at radius 1 is 1.35 bits per heavy atom. The van der Waals surface area contributed by atoms with Crippen LogP contribution in [0.25, 0.3) is 0 Å². The number of hydrogen-bond donors (Lipinski definition) is 1. The molecule has 0 bridgehead atoms. The predicted molar refractivity (Wildman–Crippen MR) is 77.7 cm³/mol. The third-order valence-corrected chi connectivity index (χ3v) is 3.23. The van der Waals surface area contributed by atoms with Gasteiger partial charge in [0.25, 0.3) is 5.56 Å². The molecular formula is C14H10Cl2N2O2. The van der Waals surface area contributed by atoms with Crippen LogP contribution in [0.4, 0.5) is 0 Å². The molecule has 102 valence electrons. The minimum absolute atomic E-state index is 0.0252. The fourth-order valence-corrected chi connectivity index (χ4v) is 2.14. The van der Waals surface area contributed by atoms with Gasteiger partial charge in [-0.05, 0) is 24.6 Å². The highest BCUT2D eigenvalue weighted by Crippen LogP contribution is 2.32. The number of nitriles is 1. The molecule has 4 nitrogen and oxygen atoms in total. The number of hydrogen-bond acceptors (Lipinski definition) is 3. The number of H-pyrrole nitrogens is 1. The Kier molecular flexibility index (Phi) is 4.33. The van der Waals surface area contributed by atoms with Gasteiger partial charge in [0.2, 0.25) is 0 Å². The Labute approximate surface area is 125 Å². The Morgan fingerprint density at radius 2 is 2.10 bits per heavy atom. The summed E-state index contributed by atoms with van der Waals surface area (Å²) in [5.74, 6) is 0.639. The highest BCUT2D eigenvalue weighted by Gasteiger charge is 2.13. The zero-order chi connectivity index (χ0) is 14.7. The van der Waals surface area contributed by atoms with E-state index in [-0.39, 0.29) is 10.8 Å². The van der Waals surface area contributed by atoms with Gasteiger partial charge in [-0.2, -0.15) is 5.26 Å². The highest BCUT2D eigenvalue weighted by molar-refractivity contribution is 6.32. The Bertz CT molecular complexity index is 748. The molecule has 2 rings (SSSR count). The maximum absolute atomic E-state index is 11.5. The molecule has 0 aliphatic rings. The predicted octanol–water partition coefficient (Wildman–Crippen LogP) is 3.91. The van der Waals surface area contributed by atoms with Gasteiger partial charge < -0.3 is 9.72 Å². The summed E-state index contributed by atoms with van der Waals surface area (Å²) in [4.78, 5) is 14.1. The third kappa shape index (κ3) is 2.96. The summed E-state index contributed by atoms with van der Waals surface area (Å²) in [5, 5.41) is 9.25. The molecule has 1 aromatic carbocycles. The van der Waals surface area contributed by atoms with E-state index in [4.69, 9.17) is 33.2 Å². The van der Waals surface area contributed by atoms with Gasteiger partial charge in [0.05, 0.1) is 11.6 Å². The minimum Gasteiger partial charge on any atom is -0.455 e. The number of halogens is 2. The lowest BCUT2D eigenvalue weighted by atomic mass is 10.2. The second-order valence-electron chi connectivity index (χ2n) is 4.03. The molecule has 0 fully saturated rings. The molecule has 0 aliphatic heterocycles. The van der Waals surface area contributed by atoms with E-state index in [1.807, 2.05) is 13.0 Å². The first-order valence-electron chi connectivity index (χ1n) is 5.83. The molecule has 6 heteroatoms. The molecule has 0 radical (unpaired) electrons. The van der Waals surface area contributed by atoms with Gasteiger partial charge in [-0.3, -0.25) is 4.79 Å². The summed E-state index contributed by atoms with van der Waals surface area (Å²) in [6.45, 7) is 1.91. The van der Waals surface area contributed by atoms with Crippen LogP contribution in [0.1, 0.15) is 18.1 Å². The van der Waals surface area contributed by atoms with Crippen molar-refractivity contribution in [3.05, 3.63) is 55.9 Å². The molecule has 1 heterocycles. The van der Waals surface area contributed by atoms with Crippen LogP contribution in [0.5, 0.6) is 11.5 Å². The topological polar surface area (TPSA) is 65.9 Å². The summed E-state index contributed by atoms with van der Waals surface area (Å²) in [5.41, 5.74) is 0.695. The van der Waals surface area contributed by atoms with Gasteiger partial charge in [0.1, 0.15) is 10.8 Å². The largest absolute Gasteiger partial charge is 0.455 e. The molecule has 0 saturated heterocycles. The van der Waals surface area contributed by atoms with E-state index in [1.54, 1.807) is 12.3 Å². The molecule has 0 atom stereocenters. The average Bonchev–Trinajstić information content (AvgIpc) is 2.43. The van der Waals surface area contributed by atoms with Crippen molar-refractivity contribution in [1.82, 2.24) is 4.98 Å². The van der Waals surface area contributed by atoms with E-state index in [1.165, 1.54) is 12.1 Å². The molecule has 1 N–H and O–H groups in total. The van der Waals surface area contributed by atoms with Crippen LogP contribution in [-0.2, 0) is 6.42 Å². The first kappa shape index (κ1) is 14.4. The summed E-state index contributed by atoms with van der Waals surface area (Å²) in [6.07, 6.45) is 2.19. The van der Waals surface area contributed by atoms with Crippen molar-refractivity contribution in [1.29, 1.82) is 5.26 Å². The van der Waals surface area contributed by atoms with E-state index in [9.17, 15) is 4.79 Å². The zero-order valence-corrected chi connectivity index (χ0v) is 12.0. The maximum Gasteiger partial charge on any atom is 0.270 e. The molecule has 2 aromatic rings. The van der Waals surface area contributed by atoms with Crippen molar-refractivity contribution in [2.45, 2.75) is 13.3 Å². The van der Waals surface area contributed by atoms with Crippen molar-refractivity contribution in [2.75, 3.05) is 0 Å². The Hall–Kier alpha value is -1.96. The van der Waals surface area contributed by atoms with Gasteiger partial charge in [0, 0.05) is 16.8 Å². The molecule has 0 unspecified atom stereocenters. The lowest BCUT2D eigenvalue weighted by Gasteiger charge is -2.11. The van der Waals surface area contributed by atoms with Crippen LogP contribution in [0.15, 0.2) is 29.2 Å². The first-order valence-corrected chi connectivity index (χ1v) is 6.59. The highest BCUT2D eigenvalue weighted by atomic mass is 35.5. The number of aromatic nitrogens is 1. The van der Waals surface area contributed by atoms with Crippen LogP contribution >= 0.6 is 23.2 Å². The van der Waals surface area contributed by atoms with Gasteiger partial charge in [0.15, 0.2) is 5.75 Å². The number of benzene rings is 1. The SMILES string of the molecule is CCc1c[nH]c(=O)c(Cl)c1Oc1cc(Cl)cc(C#N)c1. The monoisotopic (exact) mass is 308 g/mol. The van der Waals surface area contributed by atoms with E-state index >= 15 is 0 Å². The number of aromatic amines is 1. The summed E-state index contributed by atoms with van der Waals surface area (Å²) < 4.78 is 5.65. The summed E-state index contributed by atoms with van der Waals surface area (Å²) in [6, 6.07) is 6.59. The lowest BCUT2D eigenvalue weighted by molar-refractivity contribution is 0.475. The number of pyridine rings is 1. The number of aryl methyl sites for hydroxylation is 1. The van der Waals surface area contributed by atoms with Gasteiger partial charge >= 0.3 is 0 Å². The van der Waals surface area contributed by atoms with Gasteiger partial charge in [-0.1, -0.05) is 30.1 Å². The van der Waals surface area contributed by atoms with E-state index in [0.717, 1.165) is 5.56 Å². The van der Waals surface area contributed by atoms with Gasteiger partial charge in [-0.15, -0.1) is 0 Å². The smallest absolute Gasteiger partial charge is 0.270 e. The number of rotatable bonds is 3.